The van der Waals surface area contributed by atoms with Gasteiger partial charge in [-0.3, -0.25) is 19.3 Å². The summed E-state index contributed by atoms with van der Waals surface area (Å²) in [6, 6.07) is 0. The van der Waals surface area contributed by atoms with E-state index in [0.717, 1.165) is 0 Å². The zero-order valence-corrected chi connectivity index (χ0v) is 17.3. The molecule has 2 amide bonds. The SMILES string of the molecule is CNC(=O)/C=C\N(C=O)C1CCC(COP(O)OCCCC(=O)OC(C)C)O1. The second-order valence-electron chi connectivity index (χ2n) is 6.28. The molecule has 1 aliphatic heterocycles. The number of nitrogens with one attached hydrogen (secondary N) is 1. The molecule has 28 heavy (non-hydrogen) atoms. The van der Waals surface area contributed by atoms with Gasteiger partial charge in [-0.15, -0.1) is 0 Å². The molecular formula is C17H29N2O8P. The zero-order chi connectivity index (χ0) is 20.9. The van der Waals surface area contributed by atoms with Crippen molar-refractivity contribution in [2.45, 2.75) is 58.0 Å². The Morgan fingerprint density at radius 2 is 2.11 bits per heavy atom. The second-order valence-corrected chi connectivity index (χ2v) is 7.27. The fourth-order valence-corrected chi connectivity index (χ4v) is 2.98. The van der Waals surface area contributed by atoms with Gasteiger partial charge in [0, 0.05) is 25.7 Å². The number of amides is 2. The molecule has 1 fully saturated rings. The number of carbonyl (C=O) groups excluding carboxylic acids is 3. The molecule has 1 saturated heterocycles. The molecule has 0 aromatic carbocycles. The van der Waals surface area contributed by atoms with E-state index in [-0.39, 0.29) is 43.7 Å². The molecular weight excluding hydrogens is 391 g/mol. The number of esters is 1. The molecule has 2 N–H and O–H groups in total. The average Bonchev–Trinajstić information content (AvgIpc) is 3.12. The third-order valence-electron chi connectivity index (χ3n) is 3.65. The molecule has 0 spiro atoms. The first-order valence-electron chi connectivity index (χ1n) is 9.08. The molecule has 10 nitrogen and oxygen atoms in total. The largest absolute Gasteiger partial charge is 0.463 e. The van der Waals surface area contributed by atoms with Crippen LogP contribution in [0.25, 0.3) is 0 Å². The Bertz CT molecular complexity index is 531. The highest BCUT2D eigenvalue weighted by molar-refractivity contribution is 7.40. The van der Waals surface area contributed by atoms with Gasteiger partial charge in [0.2, 0.25) is 12.3 Å². The van der Waals surface area contributed by atoms with Crippen molar-refractivity contribution in [1.29, 1.82) is 0 Å². The van der Waals surface area contributed by atoms with Gasteiger partial charge in [-0.25, -0.2) is 0 Å². The number of hydrogen-bond donors (Lipinski definition) is 2. The minimum Gasteiger partial charge on any atom is -0.463 e. The smallest absolute Gasteiger partial charge is 0.329 e. The molecule has 0 bridgehead atoms. The van der Waals surface area contributed by atoms with Gasteiger partial charge in [-0.2, -0.15) is 0 Å². The monoisotopic (exact) mass is 420 g/mol. The highest BCUT2D eigenvalue weighted by Crippen LogP contribution is 2.34. The summed E-state index contributed by atoms with van der Waals surface area (Å²) < 4.78 is 21.1. The van der Waals surface area contributed by atoms with E-state index in [0.29, 0.717) is 25.7 Å². The Balaban J connectivity index is 2.22. The minimum atomic E-state index is -2.08. The summed E-state index contributed by atoms with van der Waals surface area (Å²) >= 11 is 0. The van der Waals surface area contributed by atoms with Crippen molar-refractivity contribution in [2.24, 2.45) is 0 Å². The molecule has 3 unspecified atom stereocenters. The third-order valence-corrected chi connectivity index (χ3v) is 4.42. The van der Waals surface area contributed by atoms with E-state index < -0.39 is 14.8 Å². The maximum Gasteiger partial charge on any atom is 0.329 e. The summed E-state index contributed by atoms with van der Waals surface area (Å²) in [6.07, 6.45) is 4.05. The zero-order valence-electron chi connectivity index (χ0n) is 16.4. The molecule has 0 aromatic rings. The van der Waals surface area contributed by atoms with Gasteiger partial charge in [-0.05, 0) is 33.1 Å². The molecule has 0 radical (unpaired) electrons. The molecule has 0 saturated carbocycles. The number of likely N-dealkylation sites (N-methyl/N-ethyl adjacent to an activating group) is 1. The van der Waals surface area contributed by atoms with Crippen LogP contribution in [0.2, 0.25) is 0 Å². The normalized spacial score (nSPS) is 20.3. The Morgan fingerprint density at radius 1 is 1.36 bits per heavy atom. The molecule has 0 aromatic heterocycles. The lowest BCUT2D eigenvalue weighted by Gasteiger charge is -2.21. The topological polar surface area (TPSA) is 124 Å². The van der Waals surface area contributed by atoms with E-state index in [1.54, 1.807) is 13.8 Å². The van der Waals surface area contributed by atoms with E-state index in [9.17, 15) is 19.3 Å². The maximum absolute atomic E-state index is 11.4. The molecule has 1 heterocycles. The Morgan fingerprint density at radius 3 is 2.75 bits per heavy atom. The molecule has 1 aliphatic rings. The molecule has 160 valence electrons. The first-order chi connectivity index (χ1) is 13.3. The average molecular weight is 420 g/mol. The van der Waals surface area contributed by atoms with Crippen molar-refractivity contribution >= 4 is 26.9 Å². The van der Waals surface area contributed by atoms with Crippen molar-refractivity contribution < 1.29 is 37.8 Å². The van der Waals surface area contributed by atoms with Crippen LogP contribution in [0.5, 0.6) is 0 Å². The van der Waals surface area contributed by atoms with Crippen LogP contribution in [-0.2, 0) is 32.9 Å². The van der Waals surface area contributed by atoms with Crippen molar-refractivity contribution in [3.05, 3.63) is 12.3 Å². The summed E-state index contributed by atoms with van der Waals surface area (Å²) in [6.45, 7) is 3.83. The standard InChI is InChI=1S/C17H29N2O8P/c1-13(2)26-17(22)5-4-10-24-28(23)25-11-14-6-7-16(27-14)19(12-20)9-8-15(21)18-3/h8-9,12-14,16,23H,4-7,10-11H2,1-3H3,(H,18,21)/b9-8-. The summed E-state index contributed by atoms with van der Waals surface area (Å²) in [4.78, 5) is 44.8. The molecule has 0 aliphatic carbocycles. The van der Waals surface area contributed by atoms with E-state index in [1.807, 2.05) is 0 Å². The fraction of sp³-hybridized carbons (Fsp3) is 0.706. The van der Waals surface area contributed by atoms with Crippen molar-refractivity contribution in [2.75, 3.05) is 20.3 Å². The van der Waals surface area contributed by atoms with Gasteiger partial charge in [0.25, 0.3) is 0 Å². The van der Waals surface area contributed by atoms with Gasteiger partial charge in [-0.1, -0.05) is 0 Å². The summed E-state index contributed by atoms with van der Waals surface area (Å²) in [5.41, 5.74) is 0. The van der Waals surface area contributed by atoms with Crippen LogP contribution < -0.4 is 5.32 Å². The predicted octanol–water partition coefficient (Wildman–Crippen LogP) is 1.19. The van der Waals surface area contributed by atoms with Gasteiger partial charge in [0.15, 0.2) is 0 Å². The number of rotatable bonds is 13. The second kappa shape index (κ2) is 13.6. The molecule has 11 heteroatoms. The van der Waals surface area contributed by atoms with Crippen molar-refractivity contribution in [1.82, 2.24) is 10.2 Å². The molecule has 3 atom stereocenters. The Kier molecular flexibility index (Phi) is 11.9. The van der Waals surface area contributed by atoms with Crippen molar-refractivity contribution in [3.63, 3.8) is 0 Å². The highest BCUT2D eigenvalue weighted by atomic mass is 31.2. The lowest BCUT2D eigenvalue weighted by Crippen LogP contribution is -2.31. The lowest BCUT2D eigenvalue weighted by atomic mass is 10.2. The number of nitrogens with zero attached hydrogens (tertiary/aromatic N) is 1. The Hall–Kier alpha value is -1.58. The summed E-state index contributed by atoms with van der Waals surface area (Å²) in [5.74, 6) is -0.636. The quantitative estimate of drug-likeness (QED) is 0.150. The highest BCUT2D eigenvalue weighted by Gasteiger charge is 2.29. The van der Waals surface area contributed by atoms with E-state index in [2.05, 4.69) is 5.32 Å². The first kappa shape index (κ1) is 24.5. The Labute approximate surface area is 166 Å². The van der Waals surface area contributed by atoms with Gasteiger partial charge < -0.3 is 28.7 Å². The van der Waals surface area contributed by atoms with Crippen LogP contribution in [0.15, 0.2) is 12.3 Å². The van der Waals surface area contributed by atoms with Crippen LogP contribution in [-0.4, -0.2) is 66.8 Å². The van der Waals surface area contributed by atoms with Gasteiger partial charge in [0.1, 0.15) is 6.23 Å². The van der Waals surface area contributed by atoms with Gasteiger partial charge in [0.05, 0.1) is 25.4 Å². The predicted molar refractivity (Wildman–Crippen MR) is 101 cm³/mol. The minimum absolute atomic E-state index is 0.111. The maximum atomic E-state index is 11.4. The first-order valence-corrected chi connectivity index (χ1v) is 10.2. The van der Waals surface area contributed by atoms with E-state index in [1.165, 1.54) is 24.2 Å². The van der Waals surface area contributed by atoms with Crippen LogP contribution in [0.3, 0.4) is 0 Å². The van der Waals surface area contributed by atoms with Gasteiger partial charge >= 0.3 is 14.6 Å². The van der Waals surface area contributed by atoms with Crippen LogP contribution in [0, 0.1) is 0 Å². The lowest BCUT2D eigenvalue weighted by molar-refractivity contribution is -0.147. The third kappa shape index (κ3) is 10.1. The molecule has 1 rings (SSSR count). The van der Waals surface area contributed by atoms with E-state index in [4.69, 9.17) is 18.5 Å². The van der Waals surface area contributed by atoms with E-state index >= 15 is 0 Å². The number of ether oxygens (including phenoxy) is 2. The summed E-state index contributed by atoms with van der Waals surface area (Å²) in [5, 5.41) is 2.42. The summed E-state index contributed by atoms with van der Waals surface area (Å²) in [7, 11) is -0.587. The van der Waals surface area contributed by atoms with Crippen LogP contribution in [0.4, 0.5) is 0 Å². The number of hydrogen-bond acceptors (Lipinski definition) is 8. The fourth-order valence-electron chi connectivity index (χ4n) is 2.33. The van der Waals surface area contributed by atoms with Crippen molar-refractivity contribution in [3.8, 4) is 0 Å². The number of carbonyl (C=O) groups is 3. The van der Waals surface area contributed by atoms with Crippen LogP contribution >= 0.6 is 8.60 Å². The van der Waals surface area contributed by atoms with Crippen LogP contribution in [0.1, 0.15) is 39.5 Å².